The number of aliphatic carboxylic acids is 1. The molecule has 4 heterocycles. The van der Waals surface area contributed by atoms with E-state index in [9.17, 15) is 34.1 Å². The molecule has 0 saturated carbocycles. The molecule has 2 saturated heterocycles. The second kappa shape index (κ2) is 11.3. The van der Waals surface area contributed by atoms with Crippen LogP contribution in [0.1, 0.15) is 12.2 Å². The molecule has 14 nitrogen and oxygen atoms in total. The quantitative estimate of drug-likeness (QED) is 0.0959. The number of carboxylic acids is 1. The number of anilines is 1. The van der Waals surface area contributed by atoms with Gasteiger partial charge in [-0.1, -0.05) is 11.2 Å². The lowest BCUT2D eigenvalue weighted by Crippen LogP contribution is -2.71. The number of halogens is 1. The molecule has 0 aromatic carbocycles. The van der Waals surface area contributed by atoms with Crippen molar-refractivity contribution in [3.8, 4) is 0 Å². The Morgan fingerprint density at radius 2 is 2.21 bits per heavy atom. The number of hydrogen-bond acceptors (Lipinski definition) is 12. The molecule has 1 aromatic heterocycles. The molecule has 17 heteroatoms. The molecule has 0 aliphatic carbocycles. The number of allylic oxidation sites excluding steroid dienone is 1. The molecule has 6 N–H and O–H groups in total. The average molecular weight is 573 g/mol. The Balaban J connectivity index is 1.48. The molecule has 2 fully saturated rings. The summed E-state index contributed by atoms with van der Waals surface area (Å²) in [5.74, 6) is -2.80. The number of carboxylic acid groups (broad SMARTS) is 1. The number of aromatic nitrogens is 2. The first-order chi connectivity index (χ1) is 18.1. The van der Waals surface area contributed by atoms with Gasteiger partial charge in [-0.05, 0) is 11.6 Å². The molecule has 0 radical (unpaired) electrons. The summed E-state index contributed by atoms with van der Waals surface area (Å²) >= 11 is 2.05. The zero-order valence-electron chi connectivity index (χ0n) is 20.2. The van der Waals surface area contributed by atoms with Gasteiger partial charge in [0.05, 0.1) is 20.2 Å². The van der Waals surface area contributed by atoms with Gasteiger partial charge in [-0.2, -0.15) is 9.36 Å². The summed E-state index contributed by atoms with van der Waals surface area (Å²) in [6, 6.07) is -1.20. The van der Waals surface area contributed by atoms with Crippen LogP contribution in [0.5, 0.6) is 0 Å². The number of fused-ring (bicyclic) bond motifs is 1. The molecule has 206 valence electrons. The monoisotopic (exact) mass is 572 g/mol. The zero-order valence-corrected chi connectivity index (χ0v) is 21.8. The van der Waals surface area contributed by atoms with Crippen molar-refractivity contribution in [2.24, 2.45) is 5.16 Å². The standard InChI is InChI=1S/C21H26FN7O7S2/c1-29(6-12(31)5-11(29)7-30)4-2-3-10-8-37-19-14(18(33)28(19)15(10)20(34)35)24-17(32)13(26-36-9-22)16-25-21(23)38-27-16/h2-3,11-12,14,19,30-31H,4-9H2,1H3,(H3-,23,24,25,27,32,34,35)/p+1/b3-2+,26-13-/t11-,12+,14+,19-,29?/m0/s1. The minimum atomic E-state index is -1.31. The lowest BCUT2D eigenvalue weighted by Gasteiger charge is -2.49. The highest BCUT2D eigenvalue weighted by molar-refractivity contribution is 8.00. The van der Waals surface area contributed by atoms with Gasteiger partial charge in [0.2, 0.25) is 11.5 Å². The number of carbonyl (C=O) groups excluding carboxylic acids is 2. The number of nitrogens with two attached hydrogens (primary N) is 1. The molecule has 1 aromatic rings. The molecule has 1 unspecified atom stereocenters. The number of oxime groups is 1. The van der Waals surface area contributed by atoms with Crippen LogP contribution in [0.2, 0.25) is 0 Å². The van der Waals surface area contributed by atoms with E-state index in [1.165, 1.54) is 11.8 Å². The number of thioether (sulfide) groups is 1. The van der Waals surface area contributed by atoms with E-state index in [0.29, 0.717) is 29.6 Å². The number of nitrogens with zero attached hydrogens (tertiary/aromatic N) is 5. The van der Waals surface area contributed by atoms with Gasteiger partial charge in [0, 0.05) is 23.7 Å². The van der Waals surface area contributed by atoms with Crippen LogP contribution in [0, 0.1) is 0 Å². The molecule has 3 aliphatic rings. The van der Waals surface area contributed by atoms with E-state index in [1.54, 1.807) is 12.2 Å². The summed E-state index contributed by atoms with van der Waals surface area (Å²) in [5, 5.41) is 34.7. The lowest BCUT2D eigenvalue weighted by molar-refractivity contribution is -0.917. The fraction of sp³-hybridized carbons (Fsp3) is 0.524. The maximum atomic E-state index is 13.0. The van der Waals surface area contributed by atoms with E-state index in [4.69, 9.17) is 5.73 Å². The molecule has 0 bridgehead atoms. The van der Waals surface area contributed by atoms with Crippen molar-refractivity contribution in [2.75, 3.05) is 45.1 Å². The largest absolute Gasteiger partial charge is 0.477 e. The topological polar surface area (TPSA) is 201 Å². The average Bonchev–Trinajstić information content (AvgIpc) is 3.43. The number of aliphatic hydroxyl groups is 2. The van der Waals surface area contributed by atoms with Crippen molar-refractivity contribution in [3.63, 3.8) is 0 Å². The summed E-state index contributed by atoms with van der Waals surface area (Å²) in [7, 11) is 1.91. The number of likely N-dealkylation sites (N-methyl/N-ethyl adjacent to an activating group) is 1. The van der Waals surface area contributed by atoms with Crippen molar-refractivity contribution in [3.05, 3.63) is 29.2 Å². The van der Waals surface area contributed by atoms with Gasteiger partial charge >= 0.3 is 5.97 Å². The predicted octanol–water partition coefficient (Wildman–Crippen LogP) is -1.37. The van der Waals surface area contributed by atoms with Crippen LogP contribution in [0.4, 0.5) is 9.52 Å². The maximum Gasteiger partial charge on any atom is 0.352 e. The van der Waals surface area contributed by atoms with Crippen molar-refractivity contribution in [1.82, 2.24) is 19.6 Å². The maximum absolute atomic E-state index is 13.0. The normalized spacial score (nSPS) is 29.4. The Kier molecular flexibility index (Phi) is 8.31. The molecular weight excluding hydrogens is 545 g/mol. The highest BCUT2D eigenvalue weighted by atomic mass is 32.2. The number of likely N-dealkylation sites (tertiary alicyclic amines) is 1. The Hall–Kier alpha value is -3.12. The first-order valence-electron chi connectivity index (χ1n) is 11.5. The second-order valence-corrected chi connectivity index (χ2v) is 11.0. The Labute approximate surface area is 224 Å². The molecule has 3 aliphatic heterocycles. The van der Waals surface area contributed by atoms with Gasteiger partial charge in [0.25, 0.3) is 18.7 Å². The number of quaternary nitrogens is 1. The van der Waals surface area contributed by atoms with E-state index in [-0.39, 0.29) is 35.1 Å². The third-order valence-corrected chi connectivity index (χ3v) is 8.51. The van der Waals surface area contributed by atoms with Crippen LogP contribution < -0.4 is 11.1 Å². The van der Waals surface area contributed by atoms with E-state index in [1.807, 2.05) is 7.05 Å². The SMILES string of the molecule is C[N+]1(C/C=C/C2=C(C(=O)O)N3C(=O)[C@@H](NC(=O)/C(=N\OCF)c4nsc(N)n4)[C@@H]3SC2)C[C@H](O)C[C@H]1CO. The second-order valence-electron chi connectivity index (χ2n) is 9.15. The fourth-order valence-corrected chi connectivity index (χ4v) is 6.54. The van der Waals surface area contributed by atoms with E-state index >= 15 is 0 Å². The van der Waals surface area contributed by atoms with Crippen LogP contribution in [0.15, 0.2) is 28.6 Å². The predicted molar refractivity (Wildman–Crippen MR) is 134 cm³/mol. The number of nitrogen functional groups attached to an aromatic ring is 1. The Morgan fingerprint density at radius 3 is 2.84 bits per heavy atom. The number of rotatable bonds is 10. The van der Waals surface area contributed by atoms with Gasteiger partial charge < -0.3 is 35.7 Å². The van der Waals surface area contributed by atoms with Crippen LogP contribution >= 0.6 is 23.3 Å². The van der Waals surface area contributed by atoms with Gasteiger partial charge in [-0.15, -0.1) is 11.8 Å². The van der Waals surface area contributed by atoms with Gasteiger partial charge in [-0.3, -0.25) is 14.5 Å². The Bertz CT molecular complexity index is 1210. The minimum absolute atomic E-state index is 0.0371. The van der Waals surface area contributed by atoms with E-state index in [2.05, 4.69) is 24.7 Å². The molecular formula is C21H27FN7O7S2+. The number of carbonyl (C=O) groups is 3. The summed E-state index contributed by atoms with van der Waals surface area (Å²) in [6.45, 7) is -0.464. The third kappa shape index (κ3) is 5.37. The lowest BCUT2D eigenvalue weighted by atomic mass is 10.0. The van der Waals surface area contributed by atoms with Crippen molar-refractivity contribution < 1.29 is 43.4 Å². The zero-order chi connectivity index (χ0) is 27.6. The summed E-state index contributed by atoms with van der Waals surface area (Å²) in [6.07, 6.45) is 3.39. The van der Waals surface area contributed by atoms with E-state index in [0.717, 1.165) is 16.4 Å². The van der Waals surface area contributed by atoms with Gasteiger partial charge in [-0.25, -0.2) is 9.18 Å². The first-order valence-corrected chi connectivity index (χ1v) is 13.3. The number of amides is 2. The fourth-order valence-electron chi connectivity index (χ4n) is 4.79. The number of hydrogen-bond donors (Lipinski definition) is 5. The van der Waals surface area contributed by atoms with Crippen molar-refractivity contribution in [1.29, 1.82) is 0 Å². The number of alkyl halides is 1. The van der Waals surface area contributed by atoms with Crippen LogP contribution in [-0.4, -0.2) is 120 Å². The van der Waals surface area contributed by atoms with Crippen LogP contribution in [0.25, 0.3) is 0 Å². The first kappa shape index (κ1) is 27.9. The van der Waals surface area contributed by atoms with Crippen molar-refractivity contribution >= 4 is 51.9 Å². The number of aliphatic hydroxyl groups excluding tert-OH is 2. The van der Waals surface area contributed by atoms with Crippen LogP contribution in [-0.2, 0) is 19.2 Å². The highest BCUT2D eigenvalue weighted by Gasteiger charge is 2.54. The molecule has 5 atom stereocenters. The van der Waals surface area contributed by atoms with Gasteiger partial charge in [0.1, 0.15) is 35.8 Å². The van der Waals surface area contributed by atoms with Crippen LogP contribution in [0.3, 0.4) is 0 Å². The molecule has 4 rings (SSSR count). The summed E-state index contributed by atoms with van der Waals surface area (Å²) in [5.41, 5.74) is 5.29. The smallest absolute Gasteiger partial charge is 0.352 e. The van der Waals surface area contributed by atoms with Crippen molar-refractivity contribution in [2.45, 2.75) is 30.0 Å². The number of nitrogens with one attached hydrogen (secondary N) is 1. The minimum Gasteiger partial charge on any atom is -0.477 e. The third-order valence-electron chi connectivity index (χ3n) is 6.67. The molecule has 38 heavy (non-hydrogen) atoms. The summed E-state index contributed by atoms with van der Waals surface area (Å²) < 4.78 is 16.8. The number of β-lactam (4-membered cyclic amide) rings is 1. The highest BCUT2D eigenvalue weighted by Crippen LogP contribution is 2.40. The Morgan fingerprint density at radius 1 is 1.45 bits per heavy atom. The molecule has 0 spiro atoms. The van der Waals surface area contributed by atoms with E-state index < -0.39 is 47.9 Å². The molecule has 2 amide bonds. The van der Waals surface area contributed by atoms with Gasteiger partial charge in [0.15, 0.2) is 5.13 Å². The summed E-state index contributed by atoms with van der Waals surface area (Å²) in [4.78, 5) is 47.2.